The maximum absolute atomic E-state index is 12.5. The minimum Gasteiger partial charge on any atom is -0.353 e. The molecule has 1 amide bonds. The Hall–Kier alpha value is -3.62. The first-order valence-corrected chi connectivity index (χ1v) is 9.03. The second kappa shape index (κ2) is 7.95. The van der Waals surface area contributed by atoms with Crippen LogP contribution < -0.4 is 10.2 Å². The van der Waals surface area contributed by atoms with Gasteiger partial charge in [-0.2, -0.15) is 0 Å². The quantitative estimate of drug-likeness (QED) is 0.734. The zero-order valence-electron chi connectivity index (χ0n) is 15.5. The fraction of sp³-hybridized carbons (Fsp3) is 0.263. The zero-order chi connectivity index (χ0) is 19.3. The molecule has 0 atom stereocenters. The molecule has 3 aromatic heterocycles. The fourth-order valence-electron chi connectivity index (χ4n) is 3.06. The van der Waals surface area contributed by atoms with Gasteiger partial charge in [0, 0.05) is 50.8 Å². The molecule has 9 nitrogen and oxygen atoms in total. The van der Waals surface area contributed by atoms with E-state index >= 15 is 0 Å². The van der Waals surface area contributed by atoms with Crippen molar-refractivity contribution in [3.8, 4) is 0 Å². The lowest BCUT2D eigenvalue weighted by Gasteiger charge is -2.35. The van der Waals surface area contributed by atoms with Gasteiger partial charge < -0.3 is 15.1 Å². The van der Waals surface area contributed by atoms with E-state index in [-0.39, 0.29) is 5.91 Å². The number of amides is 1. The summed E-state index contributed by atoms with van der Waals surface area (Å²) in [6.07, 6.45) is 6.31. The van der Waals surface area contributed by atoms with Gasteiger partial charge in [0.1, 0.15) is 29.0 Å². The highest BCUT2D eigenvalue weighted by Crippen LogP contribution is 2.20. The Labute approximate surface area is 162 Å². The molecule has 1 N–H and O–H groups in total. The molecule has 1 saturated heterocycles. The molecular formula is C19H20N8O. The summed E-state index contributed by atoms with van der Waals surface area (Å²) in [5.74, 6) is 2.83. The number of aromatic nitrogens is 5. The number of nitrogens with zero attached hydrogens (tertiary/aromatic N) is 7. The molecule has 1 aliphatic heterocycles. The van der Waals surface area contributed by atoms with Crippen molar-refractivity contribution in [2.75, 3.05) is 36.4 Å². The topological polar surface area (TPSA) is 100 Å². The molecule has 0 bridgehead atoms. The van der Waals surface area contributed by atoms with E-state index in [1.807, 2.05) is 31.2 Å². The van der Waals surface area contributed by atoms with Crippen molar-refractivity contribution in [1.29, 1.82) is 0 Å². The van der Waals surface area contributed by atoms with Crippen LogP contribution in [0.4, 0.5) is 17.5 Å². The van der Waals surface area contributed by atoms with E-state index in [1.165, 1.54) is 12.4 Å². The largest absolute Gasteiger partial charge is 0.353 e. The van der Waals surface area contributed by atoms with Gasteiger partial charge in [-0.3, -0.25) is 9.78 Å². The molecule has 3 aromatic rings. The van der Waals surface area contributed by atoms with E-state index in [1.54, 1.807) is 17.3 Å². The third-order valence-electron chi connectivity index (χ3n) is 4.42. The minimum atomic E-state index is -0.0934. The molecule has 1 aliphatic rings. The summed E-state index contributed by atoms with van der Waals surface area (Å²) in [4.78, 5) is 37.8. The van der Waals surface area contributed by atoms with E-state index in [9.17, 15) is 4.79 Å². The van der Waals surface area contributed by atoms with Crippen LogP contribution in [0, 0.1) is 6.92 Å². The molecule has 1 fully saturated rings. The molecule has 4 heterocycles. The van der Waals surface area contributed by atoms with Gasteiger partial charge in [0.25, 0.3) is 5.91 Å². The SMILES string of the molecule is Cc1nc(Nc2ccccn2)cc(N2CCN(C(=O)c3cnccn3)CC2)n1. The molecule has 0 saturated carbocycles. The number of hydrogen-bond acceptors (Lipinski definition) is 8. The first-order chi connectivity index (χ1) is 13.7. The molecular weight excluding hydrogens is 356 g/mol. The molecule has 0 aliphatic carbocycles. The summed E-state index contributed by atoms with van der Waals surface area (Å²) < 4.78 is 0. The van der Waals surface area contributed by atoms with E-state index in [0.717, 1.165) is 11.6 Å². The molecule has 0 radical (unpaired) electrons. The van der Waals surface area contributed by atoms with Crippen LogP contribution in [0.3, 0.4) is 0 Å². The zero-order valence-corrected chi connectivity index (χ0v) is 15.5. The molecule has 0 unspecified atom stereocenters. The number of nitrogens with one attached hydrogen (secondary N) is 1. The van der Waals surface area contributed by atoms with Crippen molar-refractivity contribution in [3.05, 3.63) is 60.6 Å². The van der Waals surface area contributed by atoms with Crippen molar-refractivity contribution < 1.29 is 4.79 Å². The van der Waals surface area contributed by atoms with Gasteiger partial charge in [0.05, 0.1) is 6.20 Å². The molecule has 0 aromatic carbocycles. The Balaban J connectivity index is 1.44. The van der Waals surface area contributed by atoms with Crippen molar-refractivity contribution in [2.24, 2.45) is 0 Å². The summed E-state index contributed by atoms with van der Waals surface area (Å²) >= 11 is 0. The summed E-state index contributed by atoms with van der Waals surface area (Å²) in [5.41, 5.74) is 0.371. The van der Waals surface area contributed by atoms with E-state index in [2.05, 4.69) is 35.1 Å². The number of piperazine rings is 1. The fourth-order valence-corrected chi connectivity index (χ4v) is 3.06. The normalized spacial score (nSPS) is 14.0. The highest BCUT2D eigenvalue weighted by atomic mass is 16.2. The van der Waals surface area contributed by atoms with Crippen LogP contribution in [-0.2, 0) is 0 Å². The Kier molecular flexibility index (Phi) is 5.05. The Morgan fingerprint density at radius 1 is 1.00 bits per heavy atom. The third-order valence-corrected chi connectivity index (χ3v) is 4.42. The van der Waals surface area contributed by atoms with Crippen molar-refractivity contribution >= 4 is 23.4 Å². The van der Waals surface area contributed by atoms with Crippen molar-refractivity contribution in [1.82, 2.24) is 29.8 Å². The molecule has 28 heavy (non-hydrogen) atoms. The second-order valence-corrected chi connectivity index (χ2v) is 6.37. The van der Waals surface area contributed by atoms with Crippen LogP contribution in [0.25, 0.3) is 0 Å². The number of carbonyl (C=O) groups is 1. The number of aryl methyl sites for hydroxylation is 1. The van der Waals surface area contributed by atoms with Gasteiger partial charge in [-0.05, 0) is 19.1 Å². The molecule has 4 rings (SSSR count). The van der Waals surface area contributed by atoms with E-state index in [4.69, 9.17) is 0 Å². The lowest BCUT2D eigenvalue weighted by molar-refractivity contribution is 0.0740. The van der Waals surface area contributed by atoms with Gasteiger partial charge >= 0.3 is 0 Å². The van der Waals surface area contributed by atoms with Crippen LogP contribution in [0.2, 0.25) is 0 Å². The van der Waals surface area contributed by atoms with Gasteiger partial charge in [-0.1, -0.05) is 6.07 Å². The monoisotopic (exact) mass is 376 g/mol. The van der Waals surface area contributed by atoms with Crippen LogP contribution >= 0.6 is 0 Å². The maximum Gasteiger partial charge on any atom is 0.274 e. The summed E-state index contributed by atoms with van der Waals surface area (Å²) in [5, 5.41) is 3.20. The van der Waals surface area contributed by atoms with Crippen LogP contribution in [0.5, 0.6) is 0 Å². The number of pyridine rings is 1. The lowest BCUT2D eigenvalue weighted by Crippen LogP contribution is -2.49. The van der Waals surface area contributed by atoms with Crippen LogP contribution in [-0.4, -0.2) is 61.9 Å². The summed E-state index contributed by atoms with van der Waals surface area (Å²) in [6, 6.07) is 7.57. The number of anilines is 3. The summed E-state index contributed by atoms with van der Waals surface area (Å²) in [6.45, 7) is 4.43. The average Bonchev–Trinajstić information content (AvgIpc) is 2.74. The molecule has 142 valence electrons. The highest BCUT2D eigenvalue weighted by Gasteiger charge is 2.24. The maximum atomic E-state index is 12.5. The average molecular weight is 376 g/mol. The predicted octanol–water partition coefficient (Wildman–Crippen LogP) is 1.68. The lowest BCUT2D eigenvalue weighted by atomic mass is 10.2. The highest BCUT2D eigenvalue weighted by molar-refractivity contribution is 5.92. The predicted molar refractivity (Wildman–Crippen MR) is 104 cm³/mol. The number of hydrogen-bond donors (Lipinski definition) is 1. The van der Waals surface area contributed by atoms with Gasteiger partial charge in [-0.15, -0.1) is 0 Å². The number of rotatable bonds is 4. The standard InChI is InChI=1S/C19H20N8O/c1-14-23-17(25-16-4-2-3-5-22-16)12-18(24-14)26-8-10-27(11-9-26)19(28)15-13-20-6-7-21-15/h2-7,12-13H,8-11H2,1H3,(H,22,23,24,25). The van der Waals surface area contributed by atoms with E-state index < -0.39 is 0 Å². The minimum absolute atomic E-state index is 0.0934. The molecule has 0 spiro atoms. The van der Waals surface area contributed by atoms with Crippen molar-refractivity contribution in [3.63, 3.8) is 0 Å². The van der Waals surface area contributed by atoms with E-state index in [0.29, 0.717) is 43.5 Å². The first-order valence-electron chi connectivity index (χ1n) is 9.03. The molecule has 9 heteroatoms. The third kappa shape index (κ3) is 4.03. The second-order valence-electron chi connectivity index (χ2n) is 6.37. The summed E-state index contributed by atoms with van der Waals surface area (Å²) in [7, 11) is 0. The smallest absolute Gasteiger partial charge is 0.274 e. The van der Waals surface area contributed by atoms with Gasteiger partial charge in [0.2, 0.25) is 0 Å². The van der Waals surface area contributed by atoms with Gasteiger partial charge in [-0.25, -0.2) is 19.9 Å². The van der Waals surface area contributed by atoms with Crippen molar-refractivity contribution in [2.45, 2.75) is 6.92 Å². The van der Waals surface area contributed by atoms with Crippen LogP contribution in [0.15, 0.2) is 49.1 Å². The first kappa shape index (κ1) is 17.8. The Morgan fingerprint density at radius 2 is 1.86 bits per heavy atom. The number of carbonyl (C=O) groups excluding carboxylic acids is 1. The van der Waals surface area contributed by atoms with Crippen LogP contribution in [0.1, 0.15) is 16.3 Å². The van der Waals surface area contributed by atoms with Gasteiger partial charge in [0.15, 0.2) is 0 Å². The Bertz CT molecular complexity index is 943. The Morgan fingerprint density at radius 3 is 2.57 bits per heavy atom.